The molecule has 134 valence electrons. The van der Waals surface area contributed by atoms with Gasteiger partial charge < -0.3 is 4.90 Å². The first-order valence-electron chi connectivity index (χ1n) is 9.26. The lowest BCUT2D eigenvalue weighted by Gasteiger charge is -2.33. The number of likely N-dealkylation sites (tertiary alicyclic amines) is 1. The van der Waals surface area contributed by atoms with Crippen molar-refractivity contribution in [3.05, 3.63) is 29.3 Å². The molecule has 0 bridgehead atoms. The Morgan fingerprint density at radius 2 is 1.75 bits per heavy atom. The molecule has 3 rings (SSSR count). The van der Waals surface area contributed by atoms with Crippen molar-refractivity contribution in [3.63, 3.8) is 0 Å². The molecule has 1 aliphatic heterocycles. The minimum absolute atomic E-state index is 0.0646. The van der Waals surface area contributed by atoms with Crippen molar-refractivity contribution in [3.8, 4) is 0 Å². The molecular weight excluding hydrogens is 320 g/mol. The third-order valence-electron chi connectivity index (χ3n) is 5.53. The van der Waals surface area contributed by atoms with Crippen LogP contribution in [0, 0.1) is 19.8 Å². The van der Waals surface area contributed by atoms with E-state index in [1.165, 1.54) is 32.2 Å². The van der Waals surface area contributed by atoms with Crippen LogP contribution in [0.1, 0.15) is 49.7 Å². The highest BCUT2D eigenvalue weighted by molar-refractivity contribution is 7.89. The second-order valence-corrected chi connectivity index (χ2v) is 9.30. The molecular formula is C19H30N2O2S. The fourth-order valence-electron chi connectivity index (χ4n) is 4.07. The predicted molar refractivity (Wildman–Crippen MR) is 97.7 cm³/mol. The Bertz CT molecular complexity index is 658. The molecule has 1 saturated heterocycles. The van der Waals surface area contributed by atoms with Crippen molar-refractivity contribution >= 4 is 10.0 Å². The van der Waals surface area contributed by atoms with E-state index in [1.807, 2.05) is 26.0 Å². The molecule has 2 fully saturated rings. The van der Waals surface area contributed by atoms with Crippen LogP contribution in [0.25, 0.3) is 0 Å². The number of aryl methyl sites for hydroxylation is 2. The number of nitrogens with zero attached hydrogens (tertiary/aromatic N) is 1. The van der Waals surface area contributed by atoms with Gasteiger partial charge in [-0.15, -0.1) is 0 Å². The molecule has 1 N–H and O–H groups in total. The van der Waals surface area contributed by atoms with E-state index in [9.17, 15) is 8.42 Å². The first-order chi connectivity index (χ1) is 11.4. The largest absolute Gasteiger partial charge is 0.303 e. The molecule has 0 radical (unpaired) electrons. The van der Waals surface area contributed by atoms with Gasteiger partial charge in [-0.1, -0.05) is 25.0 Å². The summed E-state index contributed by atoms with van der Waals surface area (Å²) in [7, 11) is -3.42. The van der Waals surface area contributed by atoms with Crippen molar-refractivity contribution in [1.29, 1.82) is 0 Å². The Morgan fingerprint density at radius 3 is 2.42 bits per heavy atom. The fraction of sp³-hybridized carbons (Fsp3) is 0.684. The van der Waals surface area contributed by atoms with Crippen LogP contribution >= 0.6 is 0 Å². The van der Waals surface area contributed by atoms with E-state index < -0.39 is 10.0 Å². The van der Waals surface area contributed by atoms with Crippen LogP contribution in [-0.2, 0) is 10.0 Å². The van der Waals surface area contributed by atoms with E-state index >= 15 is 0 Å². The summed E-state index contributed by atoms with van der Waals surface area (Å²) >= 11 is 0. The topological polar surface area (TPSA) is 49.4 Å². The minimum atomic E-state index is -3.42. The lowest BCUT2D eigenvalue weighted by atomic mass is 10.0. The van der Waals surface area contributed by atoms with Gasteiger partial charge in [0.2, 0.25) is 10.0 Å². The van der Waals surface area contributed by atoms with Crippen LogP contribution in [0.2, 0.25) is 0 Å². The van der Waals surface area contributed by atoms with Crippen LogP contribution in [0.3, 0.4) is 0 Å². The third kappa shape index (κ3) is 4.38. The number of nitrogens with one attached hydrogen (secondary N) is 1. The molecule has 1 aromatic carbocycles. The van der Waals surface area contributed by atoms with Crippen molar-refractivity contribution in [2.75, 3.05) is 19.6 Å². The summed E-state index contributed by atoms with van der Waals surface area (Å²) < 4.78 is 28.4. The van der Waals surface area contributed by atoms with Crippen molar-refractivity contribution in [2.24, 2.45) is 5.92 Å². The number of benzene rings is 1. The van der Waals surface area contributed by atoms with E-state index in [0.29, 0.717) is 4.90 Å². The Kier molecular flexibility index (Phi) is 5.63. The predicted octanol–water partition coefficient (Wildman–Crippen LogP) is 3.24. The Balaban J connectivity index is 1.56. The summed E-state index contributed by atoms with van der Waals surface area (Å²) in [4.78, 5) is 2.95. The van der Waals surface area contributed by atoms with Crippen LogP contribution in [0.15, 0.2) is 23.1 Å². The summed E-state index contributed by atoms with van der Waals surface area (Å²) in [6, 6.07) is 5.67. The number of sulfonamides is 1. The highest BCUT2D eigenvalue weighted by atomic mass is 32.2. The minimum Gasteiger partial charge on any atom is -0.303 e. The zero-order valence-corrected chi connectivity index (χ0v) is 15.7. The fourth-order valence-corrected chi connectivity index (χ4v) is 5.71. The number of piperidine rings is 1. The molecule has 2 aliphatic rings. The monoisotopic (exact) mass is 350 g/mol. The molecule has 1 saturated carbocycles. The molecule has 0 spiro atoms. The van der Waals surface area contributed by atoms with Crippen LogP contribution < -0.4 is 4.72 Å². The van der Waals surface area contributed by atoms with Gasteiger partial charge in [-0.2, -0.15) is 0 Å². The summed E-state index contributed by atoms with van der Waals surface area (Å²) in [6.07, 6.45) is 7.35. The molecule has 0 amide bonds. The second-order valence-electron chi connectivity index (χ2n) is 7.62. The van der Waals surface area contributed by atoms with Crippen molar-refractivity contribution in [1.82, 2.24) is 9.62 Å². The number of rotatable bonds is 5. The molecule has 5 heteroatoms. The average molecular weight is 351 g/mol. The van der Waals surface area contributed by atoms with Gasteiger partial charge in [0.15, 0.2) is 0 Å². The highest BCUT2D eigenvalue weighted by Gasteiger charge is 2.27. The second kappa shape index (κ2) is 7.54. The molecule has 0 atom stereocenters. The summed E-state index contributed by atoms with van der Waals surface area (Å²) in [5, 5.41) is 0. The summed E-state index contributed by atoms with van der Waals surface area (Å²) in [6.45, 7) is 7.02. The van der Waals surface area contributed by atoms with Crippen LogP contribution in [0.5, 0.6) is 0 Å². The maximum atomic E-state index is 12.7. The molecule has 0 unspecified atom stereocenters. The normalized spacial score (nSPS) is 21.4. The van der Waals surface area contributed by atoms with Crippen molar-refractivity contribution in [2.45, 2.75) is 63.3 Å². The number of hydrogen-bond donors (Lipinski definition) is 1. The maximum Gasteiger partial charge on any atom is 0.241 e. The molecule has 1 aliphatic carbocycles. The maximum absolute atomic E-state index is 12.7. The molecule has 24 heavy (non-hydrogen) atoms. The van der Waals surface area contributed by atoms with Gasteiger partial charge in [0, 0.05) is 12.6 Å². The van der Waals surface area contributed by atoms with E-state index in [1.54, 1.807) is 6.07 Å². The SMILES string of the molecule is Cc1ccc(C)c(S(=O)(=O)NC2CCN(CC3CCCC3)CC2)c1. The standard InChI is InChI=1S/C19H30N2O2S/c1-15-7-8-16(2)19(13-15)24(22,23)20-18-9-11-21(12-10-18)14-17-5-3-4-6-17/h7-8,13,17-18,20H,3-6,9-12,14H2,1-2H3. The Morgan fingerprint density at radius 1 is 1.08 bits per heavy atom. The van der Waals surface area contributed by atoms with Gasteiger partial charge in [0.05, 0.1) is 4.90 Å². The zero-order chi connectivity index (χ0) is 17.2. The summed E-state index contributed by atoms with van der Waals surface area (Å²) in [5.74, 6) is 0.869. The lowest BCUT2D eigenvalue weighted by molar-refractivity contribution is 0.180. The van der Waals surface area contributed by atoms with E-state index in [4.69, 9.17) is 0 Å². The summed E-state index contributed by atoms with van der Waals surface area (Å²) in [5.41, 5.74) is 1.79. The first kappa shape index (κ1) is 17.9. The van der Waals surface area contributed by atoms with E-state index in [0.717, 1.165) is 43.0 Å². The number of hydrogen-bond acceptors (Lipinski definition) is 3. The molecule has 1 heterocycles. The average Bonchev–Trinajstić information content (AvgIpc) is 3.04. The zero-order valence-electron chi connectivity index (χ0n) is 14.9. The van der Waals surface area contributed by atoms with Gasteiger partial charge >= 0.3 is 0 Å². The Labute approximate surface area is 146 Å². The van der Waals surface area contributed by atoms with Gasteiger partial charge in [-0.25, -0.2) is 13.1 Å². The molecule has 4 nitrogen and oxygen atoms in total. The molecule has 1 aromatic rings. The van der Waals surface area contributed by atoms with Gasteiger partial charge in [0.25, 0.3) is 0 Å². The Hall–Kier alpha value is -0.910. The quantitative estimate of drug-likeness (QED) is 0.887. The third-order valence-corrected chi connectivity index (χ3v) is 7.20. The van der Waals surface area contributed by atoms with E-state index in [-0.39, 0.29) is 6.04 Å². The highest BCUT2D eigenvalue weighted by Crippen LogP contribution is 2.27. The van der Waals surface area contributed by atoms with Crippen LogP contribution in [0.4, 0.5) is 0 Å². The molecule has 0 aromatic heterocycles. The lowest BCUT2D eigenvalue weighted by Crippen LogP contribution is -2.45. The van der Waals surface area contributed by atoms with Gasteiger partial charge in [0.1, 0.15) is 0 Å². The van der Waals surface area contributed by atoms with E-state index in [2.05, 4.69) is 9.62 Å². The van der Waals surface area contributed by atoms with Gasteiger partial charge in [-0.05, 0) is 75.7 Å². The first-order valence-corrected chi connectivity index (χ1v) is 10.7. The smallest absolute Gasteiger partial charge is 0.241 e. The van der Waals surface area contributed by atoms with Gasteiger partial charge in [-0.3, -0.25) is 0 Å². The van der Waals surface area contributed by atoms with Crippen LogP contribution in [-0.4, -0.2) is 39.0 Å². The van der Waals surface area contributed by atoms with Crippen molar-refractivity contribution < 1.29 is 8.42 Å².